The third-order valence-electron chi connectivity index (χ3n) is 2.98. The van der Waals surface area contributed by atoms with Crippen LogP contribution in [0.15, 0.2) is 35.1 Å². The van der Waals surface area contributed by atoms with Crippen LogP contribution in [0.5, 0.6) is 5.75 Å². The first-order valence-corrected chi connectivity index (χ1v) is 6.70. The Kier molecular flexibility index (Phi) is 4.57. The van der Waals surface area contributed by atoms with Crippen molar-refractivity contribution in [3.63, 3.8) is 0 Å². The number of ether oxygens (including phenoxy) is 1. The second-order valence-electron chi connectivity index (χ2n) is 4.34. The third-order valence-corrected chi connectivity index (χ3v) is 3.60. The van der Waals surface area contributed by atoms with E-state index in [1.807, 2.05) is 37.6 Å². The van der Waals surface area contributed by atoms with Crippen LogP contribution in [0.1, 0.15) is 17.2 Å². The molecule has 1 aromatic carbocycles. The van der Waals surface area contributed by atoms with Crippen LogP contribution in [-0.4, -0.2) is 16.9 Å². The molecule has 19 heavy (non-hydrogen) atoms. The first-order valence-electron chi connectivity index (χ1n) is 5.91. The van der Waals surface area contributed by atoms with E-state index in [-0.39, 0.29) is 6.04 Å². The summed E-state index contributed by atoms with van der Waals surface area (Å²) in [4.78, 5) is 0. The van der Waals surface area contributed by atoms with Crippen LogP contribution >= 0.6 is 15.9 Å². The highest BCUT2D eigenvalue weighted by atomic mass is 79.9. The first-order chi connectivity index (χ1) is 9.13. The van der Waals surface area contributed by atoms with Gasteiger partial charge in [0, 0.05) is 18.8 Å². The van der Waals surface area contributed by atoms with Gasteiger partial charge in [0.25, 0.3) is 0 Å². The van der Waals surface area contributed by atoms with E-state index < -0.39 is 0 Å². The van der Waals surface area contributed by atoms with Crippen LogP contribution in [0.2, 0.25) is 0 Å². The molecule has 0 fully saturated rings. The van der Waals surface area contributed by atoms with Crippen LogP contribution in [0.3, 0.4) is 0 Å². The maximum absolute atomic E-state index is 5.63. The van der Waals surface area contributed by atoms with Crippen molar-refractivity contribution in [2.75, 3.05) is 7.11 Å². The number of nitrogens with one attached hydrogen (secondary N) is 1. The van der Waals surface area contributed by atoms with Gasteiger partial charge in [-0.2, -0.15) is 5.10 Å². The SMILES string of the molecule is COc1ccc(CC(NN)c2cnn(C)c2)cc1Br. The minimum atomic E-state index is 0.0361. The molecular formula is C13H17BrN4O. The molecule has 2 aromatic rings. The van der Waals surface area contributed by atoms with E-state index in [4.69, 9.17) is 10.6 Å². The van der Waals surface area contributed by atoms with Gasteiger partial charge in [-0.05, 0) is 40.0 Å². The summed E-state index contributed by atoms with van der Waals surface area (Å²) in [6.07, 6.45) is 4.57. The van der Waals surface area contributed by atoms with Gasteiger partial charge in [-0.25, -0.2) is 0 Å². The summed E-state index contributed by atoms with van der Waals surface area (Å²) in [6, 6.07) is 6.05. The van der Waals surface area contributed by atoms with E-state index in [1.54, 1.807) is 11.8 Å². The molecule has 0 aliphatic rings. The summed E-state index contributed by atoms with van der Waals surface area (Å²) in [6.45, 7) is 0. The van der Waals surface area contributed by atoms with E-state index in [1.165, 1.54) is 5.56 Å². The highest BCUT2D eigenvalue weighted by Crippen LogP contribution is 2.27. The first kappa shape index (κ1) is 14.0. The molecule has 0 amide bonds. The number of nitrogens with two attached hydrogens (primary N) is 1. The molecule has 5 nitrogen and oxygen atoms in total. The second kappa shape index (κ2) is 6.18. The second-order valence-corrected chi connectivity index (χ2v) is 5.19. The molecular weight excluding hydrogens is 308 g/mol. The van der Waals surface area contributed by atoms with Gasteiger partial charge in [-0.3, -0.25) is 16.0 Å². The van der Waals surface area contributed by atoms with Crippen LogP contribution < -0.4 is 16.0 Å². The largest absolute Gasteiger partial charge is 0.496 e. The molecule has 0 bridgehead atoms. The zero-order valence-electron chi connectivity index (χ0n) is 10.9. The third kappa shape index (κ3) is 3.34. The van der Waals surface area contributed by atoms with Crippen LogP contribution in [0, 0.1) is 0 Å². The van der Waals surface area contributed by atoms with Crippen molar-refractivity contribution in [3.05, 3.63) is 46.2 Å². The number of hydrogen-bond donors (Lipinski definition) is 2. The Balaban J connectivity index is 2.16. The highest BCUT2D eigenvalue weighted by molar-refractivity contribution is 9.10. The Bertz CT molecular complexity index is 555. The van der Waals surface area contributed by atoms with Gasteiger partial charge in [0.2, 0.25) is 0 Å². The molecule has 0 radical (unpaired) electrons. The van der Waals surface area contributed by atoms with E-state index in [0.29, 0.717) is 0 Å². The zero-order chi connectivity index (χ0) is 13.8. The molecule has 0 aliphatic heterocycles. The summed E-state index contributed by atoms with van der Waals surface area (Å²) in [5.41, 5.74) is 5.06. The summed E-state index contributed by atoms with van der Waals surface area (Å²) >= 11 is 3.49. The van der Waals surface area contributed by atoms with Crippen LogP contribution in [-0.2, 0) is 13.5 Å². The number of rotatable bonds is 5. The molecule has 1 unspecified atom stereocenters. The standard InChI is InChI=1S/C13H17BrN4O/c1-18-8-10(7-16-18)12(17-15)6-9-3-4-13(19-2)11(14)5-9/h3-5,7-8,12,17H,6,15H2,1-2H3. The Morgan fingerprint density at radius 2 is 2.32 bits per heavy atom. The molecule has 102 valence electrons. The molecule has 0 saturated carbocycles. The minimum Gasteiger partial charge on any atom is -0.496 e. The average Bonchev–Trinajstić information content (AvgIpc) is 2.82. The van der Waals surface area contributed by atoms with Gasteiger partial charge >= 0.3 is 0 Å². The number of hydrazine groups is 1. The fraction of sp³-hybridized carbons (Fsp3) is 0.308. The fourth-order valence-electron chi connectivity index (χ4n) is 1.97. The molecule has 0 saturated heterocycles. The fourth-order valence-corrected chi connectivity index (χ4v) is 2.55. The Hall–Kier alpha value is -1.37. The van der Waals surface area contributed by atoms with Crippen molar-refractivity contribution in [1.82, 2.24) is 15.2 Å². The van der Waals surface area contributed by atoms with Crippen molar-refractivity contribution in [2.24, 2.45) is 12.9 Å². The molecule has 0 aliphatic carbocycles. The Morgan fingerprint density at radius 3 is 2.84 bits per heavy atom. The van der Waals surface area contributed by atoms with Gasteiger partial charge in [0.05, 0.1) is 23.8 Å². The number of aromatic nitrogens is 2. The van der Waals surface area contributed by atoms with Gasteiger partial charge in [-0.1, -0.05) is 6.07 Å². The molecule has 1 atom stereocenters. The van der Waals surface area contributed by atoms with Gasteiger partial charge in [0.15, 0.2) is 0 Å². The topological polar surface area (TPSA) is 65.1 Å². The molecule has 1 heterocycles. The van der Waals surface area contributed by atoms with Gasteiger partial charge < -0.3 is 4.74 Å². The minimum absolute atomic E-state index is 0.0361. The zero-order valence-corrected chi connectivity index (χ0v) is 12.5. The van der Waals surface area contributed by atoms with Crippen molar-refractivity contribution in [2.45, 2.75) is 12.5 Å². The highest BCUT2D eigenvalue weighted by Gasteiger charge is 2.13. The maximum Gasteiger partial charge on any atom is 0.133 e. The predicted molar refractivity (Wildman–Crippen MR) is 77.7 cm³/mol. The van der Waals surface area contributed by atoms with E-state index in [9.17, 15) is 0 Å². The lowest BCUT2D eigenvalue weighted by Crippen LogP contribution is -2.29. The quantitative estimate of drug-likeness (QED) is 0.651. The number of methoxy groups -OCH3 is 1. The van der Waals surface area contributed by atoms with Crippen molar-refractivity contribution < 1.29 is 4.74 Å². The lowest BCUT2D eigenvalue weighted by Gasteiger charge is -2.15. The summed E-state index contributed by atoms with van der Waals surface area (Å²) in [5.74, 6) is 6.45. The number of aryl methyl sites for hydroxylation is 1. The monoisotopic (exact) mass is 324 g/mol. The number of nitrogens with zero attached hydrogens (tertiary/aromatic N) is 2. The van der Waals surface area contributed by atoms with E-state index >= 15 is 0 Å². The number of hydrogen-bond acceptors (Lipinski definition) is 4. The predicted octanol–water partition coefficient (Wildman–Crippen LogP) is 1.94. The van der Waals surface area contributed by atoms with Gasteiger partial charge in [0.1, 0.15) is 5.75 Å². The normalized spacial score (nSPS) is 12.4. The lowest BCUT2D eigenvalue weighted by atomic mass is 10.0. The lowest BCUT2D eigenvalue weighted by molar-refractivity contribution is 0.412. The summed E-state index contributed by atoms with van der Waals surface area (Å²) < 4.78 is 7.93. The van der Waals surface area contributed by atoms with Crippen molar-refractivity contribution in [3.8, 4) is 5.75 Å². The Morgan fingerprint density at radius 1 is 1.53 bits per heavy atom. The van der Waals surface area contributed by atoms with Crippen LogP contribution in [0.4, 0.5) is 0 Å². The molecule has 1 aromatic heterocycles. The van der Waals surface area contributed by atoms with Crippen LogP contribution in [0.25, 0.3) is 0 Å². The van der Waals surface area contributed by atoms with Gasteiger partial charge in [-0.15, -0.1) is 0 Å². The molecule has 3 N–H and O–H groups in total. The summed E-state index contributed by atoms with van der Waals surface area (Å²) in [5, 5.41) is 4.16. The molecule has 0 spiro atoms. The van der Waals surface area contributed by atoms with Crippen molar-refractivity contribution in [1.29, 1.82) is 0 Å². The van der Waals surface area contributed by atoms with E-state index in [2.05, 4.69) is 26.5 Å². The van der Waals surface area contributed by atoms with Crippen molar-refractivity contribution >= 4 is 15.9 Å². The number of benzene rings is 1. The number of halogens is 1. The maximum atomic E-state index is 5.63. The van der Waals surface area contributed by atoms with E-state index in [0.717, 1.165) is 22.2 Å². The average molecular weight is 325 g/mol. The summed E-state index contributed by atoms with van der Waals surface area (Å²) in [7, 11) is 3.54. The molecule has 6 heteroatoms. The molecule has 2 rings (SSSR count). The Labute approximate surface area is 120 Å². The smallest absolute Gasteiger partial charge is 0.133 e.